The SMILES string of the molecule is CN1C[C@H]2CCN(C3(n4ncccc4=O)C=CC(c4ccccc4)=CC3)[C@H]2C1.Cl. The third-order valence-electron chi connectivity index (χ3n) is 6.57. The highest BCUT2D eigenvalue weighted by molar-refractivity contribution is 5.85. The molecule has 1 aromatic carbocycles. The maximum absolute atomic E-state index is 12.8. The van der Waals surface area contributed by atoms with Crippen LogP contribution in [-0.2, 0) is 5.66 Å². The number of likely N-dealkylation sites (N-methyl/N-ethyl adjacent to an activating group) is 1. The van der Waals surface area contributed by atoms with Crippen LogP contribution in [0.25, 0.3) is 5.57 Å². The summed E-state index contributed by atoms with van der Waals surface area (Å²) in [5, 5.41) is 4.52. The fourth-order valence-electron chi connectivity index (χ4n) is 5.26. The van der Waals surface area contributed by atoms with Gasteiger partial charge in [0.05, 0.1) is 0 Å². The number of likely N-dealkylation sites (tertiary alicyclic amines) is 2. The molecule has 5 rings (SSSR count). The summed E-state index contributed by atoms with van der Waals surface area (Å²) < 4.78 is 1.70. The molecule has 1 aliphatic carbocycles. The molecule has 2 fully saturated rings. The van der Waals surface area contributed by atoms with E-state index in [4.69, 9.17) is 0 Å². The number of rotatable bonds is 3. The average Bonchev–Trinajstić information content (AvgIpc) is 3.28. The van der Waals surface area contributed by atoms with Crippen LogP contribution in [0.4, 0.5) is 0 Å². The van der Waals surface area contributed by atoms with Crippen molar-refractivity contribution in [3.05, 3.63) is 82.8 Å². The van der Waals surface area contributed by atoms with Crippen molar-refractivity contribution < 1.29 is 0 Å². The Morgan fingerprint density at radius 2 is 1.93 bits per heavy atom. The van der Waals surface area contributed by atoms with E-state index < -0.39 is 5.66 Å². The predicted molar refractivity (Wildman–Crippen MR) is 118 cm³/mol. The lowest BCUT2D eigenvalue weighted by Gasteiger charge is -2.44. The lowest BCUT2D eigenvalue weighted by molar-refractivity contribution is 0.0325. The Morgan fingerprint density at radius 1 is 1.10 bits per heavy atom. The monoisotopic (exact) mass is 410 g/mol. The minimum atomic E-state index is -0.527. The molecular weight excluding hydrogens is 384 g/mol. The van der Waals surface area contributed by atoms with E-state index in [1.807, 2.05) is 6.07 Å². The predicted octanol–water partition coefficient (Wildman–Crippen LogP) is 3.00. The number of hydrogen-bond acceptors (Lipinski definition) is 4. The van der Waals surface area contributed by atoms with Gasteiger partial charge in [-0.1, -0.05) is 42.5 Å². The Bertz CT molecular complexity index is 986. The lowest BCUT2D eigenvalue weighted by atomic mass is 9.90. The van der Waals surface area contributed by atoms with Gasteiger partial charge in [-0.15, -0.1) is 12.4 Å². The molecule has 3 heterocycles. The van der Waals surface area contributed by atoms with Crippen molar-refractivity contribution in [2.24, 2.45) is 5.92 Å². The molecule has 2 saturated heterocycles. The molecule has 5 nitrogen and oxygen atoms in total. The zero-order chi connectivity index (χ0) is 19.1. The third kappa shape index (κ3) is 3.37. The van der Waals surface area contributed by atoms with E-state index in [0.717, 1.165) is 26.1 Å². The van der Waals surface area contributed by atoms with Crippen LogP contribution in [0.3, 0.4) is 0 Å². The fourth-order valence-corrected chi connectivity index (χ4v) is 5.26. The summed E-state index contributed by atoms with van der Waals surface area (Å²) in [4.78, 5) is 17.7. The first-order valence-electron chi connectivity index (χ1n) is 10.1. The quantitative estimate of drug-likeness (QED) is 0.780. The molecular formula is C23H27ClN4O. The number of halogens is 1. The van der Waals surface area contributed by atoms with Crippen molar-refractivity contribution in [1.82, 2.24) is 19.6 Å². The molecule has 0 bridgehead atoms. The number of hydrogen-bond donors (Lipinski definition) is 0. The zero-order valence-corrected chi connectivity index (χ0v) is 17.5. The first-order valence-corrected chi connectivity index (χ1v) is 10.1. The van der Waals surface area contributed by atoms with Crippen LogP contribution in [0.1, 0.15) is 18.4 Å². The lowest BCUT2D eigenvalue weighted by Crippen LogP contribution is -2.57. The first-order chi connectivity index (χ1) is 13.7. The Labute approximate surface area is 177 Å². The standard InChI is InChI=1S/C23H26N4O.ClH/c1-25-16-20-11-15-26(21(20)17-25)23(27-22(28)8-5-14-24-27)12-9-19(10-13-23)18-6-3-2-4-7-18;/h2-10,12,14,20-21H,11,13,15-17H2,1H3;1H/t20-,21+,23?;/m1./s1. The highest BCUT2D eigenvalue weighted by Gasteiger charge is 2.50. The molecule has 3 atom stereocenters. The molecule has 2 aliphatic heterocycles. The Morgan fingerprint density at radius 3 is 2.66 bits per heavy atom. The normalized spacial score (nSPS) is 29.3. The van der Waals surface area contributed by atoms with Gasteiger partial charge >= 0.3 is 0 Å². The Hall–Kier alpha value is -2.21. The first kappa shape index (κ1) is 20.1. The van der Waals surface area contributed by atoms with Gasteiger partial charge in [-0.3, -0.25) is 9.69 Å². The molecule has 0 N–H and O–H groups in total. The summed E-state index contributed by atoms with van der Waals surface area (Å²) >= 11 is 0. The van der Waals surface area contributed by atoms with Crippen molar-refractivity contribution in [2.75, 3.05) is 26.7 Å². The van der Waals surface area contributed by atoms with E-state index in [2.05, 4.69) is 64.4 Å². The summed E-state index contributed by atoms with van der Waals surface area (Å²) in [6, 6.07) is 14.2. The molecule has 0 saturated carbocycles. The third-order valence-corrected chi connectivity index (χ3v) is 6.57. The highest BCUT2D eigenvalue weighted by atomic mass is 35.5. The second kappa shape index (κ2) is 7.90. The Balaban J connectivity index is 0.00000205. The Kier molecular flexibility index (Phi) is 5.47. The molecule has 2 aromatic rings. The van der Waals surface area contributed by atoms with E-state index in [1.165, 1.54) is 17.6 Å². The van der Waals surface area contributed by atoms with Gasteiger partial charge < -0.3 is 4.90 Å². The fraction of sp³-hybridized carbons (Fsp3) is 0.391. The number of aromatic nitrogens is 2. The topological polar surface area (TPSA) is 41.4 Å². The van der Waals surface area contributed by atoms with Gasteiger partial charge in [0.25, 0.3) is 5.56 Å². The van der Waals surface area contributed by atoms with E-state index in [0.29, 0.717) is 12.0 Å². The number of nitrogens with zero attached hydrogens (tertiary/aromatic N) is 4. The van der Waals surface area contributed by atoms with Crippen LogP contribution >= 0.6 is 12.4 Å². The van der Waals surface area contributed by atoms with E-state index >= 15 is 0 Å². The average molecular weight is 411 g/mol. The van der Waals surface area contributed by atoms with Crippen molar-refractivity contribution >= 4 is 18.0 Å². The molecule has 6 heteroatoms. The summed E-state index contributed by atoms with van der Waals surface area (Å²) in [6.45, 7) is 3.20. The molecule has 3 aliphatic rings. The van der Waals surface area contributed by atoms with E-state index in [1.54, 1.807) is 23.0 Å². The van der Waals surface area contributed by atoms with E-state index in [9.17, 15) is 4.79 Å². The molecule has 0 spiro atoms. The van der Waals surface area contributed by atoms with Crippen LogP contribution in [0, 0.1) is 5.92 Å². The van der Waals surface area contributed by atoms with Gasteiger partial charge in [-0.25, -0.2) is 4.68 Å². The van der Waals surface area contributed by atoms with Crippen molar-refractivity contribution in [1.29, 1.82) is 0 Å². The van der Waals surface area contributed by atoms with Gasteiger partial charge in [0, 0.05) is 44.4 Å². The van der Waals surface area contributed by atoms with Crippen LogP contribution in [0.2, 0.25) is 0 Å². The number of fused-ring (bicyclic) bond motifs is 1. The maximum atomic E-state index is 12.8. The smallest absolute Gasteiger partial charge is 0.268 e. The molecule has 0 radical (unpaired) electrons. The van der Waals surface area contributed by atoms with E-state index in [-0.39, 0.29) is 18.0 Å². The van der Waals surface area contributed by atoms with Gasteiger partial charge in [0.2, 0.25) is 0 Å². The van der Waals surface area contributed by atoms with Gasteiger partial charge in [0.15, 0.2) is 0 Å². The number of allylic oxidation sites excluding steroid dienone is 2. The van der Waals surface area contributed by atoms with Gasteiger partial charge in [-0.05, 0) is 42.7 Å². The summed E-state index contributed by atoms with van der Waals surface area (Å²) in [5.41, 5.74) is 1.85. The molecule has 152 valence electrons. The second-order valence-electron chi connectivity index (χ2n) is 8.25. The summed E-state index contributed by atoms with van der Waals surface area (Å²) in [7, 11) is 2.19. The van der Waals surface area contributed by atoms with Crippen LogP contribution in [-0.4, -0.2) is 52.3 Å². The van der Waals surface area contributed by atoms with Crippen LogP contribution < -0.4 is 5.56 Å². The molecule has 1 aromatic heterocycles. The zero-order valence-electron chi connectivity index (χ0n) is 16.6. The van der Waals surface area contributed by atoms with Crippen molar-refractivity contribution in [3.8, 4) is 0 Å². The van der Waals surface area contributed by atoms with Crippen LogP contribution in [0.5, 0.6) is 0 Å². The largest absolute Gasteiger partial charge is 0.304 e. The number of benzene rings is 1. The van der Waals surface area contributed by atoms with Crippen molar-refractivity contribution in [2.45, 2.75) is 24.5 Å². The summed E-state index contributed by atoms with van der Waals surface area (Å²) in [5.74, 6) is 0.675. The summed E-state index contributed by atoms with van der Waals surface area (Å²) in [6.07, 6.45) is 10.3. The minimum Gasteiger partial charge on any atom is -0.304 e. The van der Waals surface area contributed by atoms with Crippen LogP contribution in [0.15, 0.2) is 71.7 Å². The minimum absolute atomic E-state index is 0. The highest BCUT2D eigenvalue weighted by Crippen LogP contribution is 2.42. The molecule has 0 amide bonds. The van der Waals surface area contributed by atoms with Crippen molar-refractivity contribution in [3.63, 3.8) is 0 Å². The molecule has 1 unspecified atom stereocenters. The maximum Gasteiger partial charge on any atom is 0.268 e. The molecule has 29 heavy (non-hydrogen) atoms. The second-order valence-corrected chi connectivity index (χ2v) is 8.25. The van der Waals surface area contributed by atoms with Gasteiger partial charge in [-0.2, -0.15) is 5.10 Å². The van der Waals surface area contributed by atoms with Gasteiger partial charge in [0.1, 0.15) is 5.66 Å².